The van der Waals surface area contributed by atoms with E-state index in [-0.39, 0.29) is 22.5 Å². The quantitative estimate of drug-likeness (QED) is 0.420. The molecule has 0 spiro atoms. The van der Waals surface area contributed by atoms with Crippen molar-refractivity contribution >= 4 is 35.3 Å². The maximum absolute atomic E-state index is 12.4. The largest absolute Gasteiger partial charge is 0.340 e. The van der Waals surface area contributed by atoms with Crippen molar-refractivity contribution in [3.05, 3.63) is 74.8 Å². The highest BCUT2D eigenvalue weighted by Crippen LogP contribution is 2.24. The molecule has 28 heavy (non-hydrogen) atoms. The smallest absolute Gasteiger partial charge is 0.288 e. The zero-order valence-electron chi connectivity index (χ0n) is 15.3. The van der Waals surface area contributed by atoms with Gasteiger partial charge in [-0.25, -0.2) is 5.43 Å². The molecule has 1 atom stereocenters. The van der Waals surface area contributed by atoms with Crippen LogP contribution in [0.3, 0.4) is 0 Å². The summed E-state index contributed by atoms with van der Waals surface area (Å²) in [7, 11) is 0. The fourth-order valence-electron chi connectivity index (χ4n) is 2.34. The zero-order chi connectivity index (χ0) is 20.7. The lowest BCUT2D eigenvalue weighted by atomic mass is 10.0. The molecular weight excluding hydrogens is 384 g/mol. The van der Waals surface area contributed by atoms with Crippen molar-refractivity contribution in [1.82, 2.24) is 10.7 Å². The lowest BCUT2D eigenvalue weighted by molar-refractivity contribution is -0.384. The first-order chi connectivity index (χ1) is 13.3. The van der Waals surface area contributed by atoms with Crippen LogP contribution in [0.2, 0.25) is 5.02 Å². The number of nitrogens with one attached hydrogen (secondary N) is 2. The molecule has 8 nitrogen and oxygen atoms in total. The highest BCUT2D eigenvalue weighted by Gasteiger charge is 2.24. The number of carbonyl (C=O) groups is 2. The molecule has 0 aliphatic heterocycles. The molecule has 2 amide bonds. The molecule has 1 unspecified atom stereocenters. The second-order valence-corrected chi connectivity index (χ2v) is 6.67. The van der Waals surface area contributed by atoms with Crippen LogP contribution in [-0.2, 0) is 4.79 Å². The Balaban J connectivity index is 2.04. The third kappa shape index (κ3) is 5.62. The van der Waals surface area contributed by atoms with Gasteiger partial charge in [-0.3, -0.25) is 19.7 Å². The third-order valence-electron chi connectivity index (χ3n) is 3.83. The molecule has 0 saturated carbocycles. The van der Waals surface area contributed by atoms with Gasteiger partial charge in [-0.15, -0.1) is 0 Å². The molecule has 9 heteroatoms. The van der Waals surface area contributed by atoms with Crippen LogP contribution in [0.25, 0.3) is 0 Å². The highest BCUT2D eigenvalue weighted by molar-refractivity contribution is 6.32. The summed E-state index contributed by atoms with van der Waals surface area (Å²) in [5, 5.41) is 17.4. The van der Waals surface area contributed by atoms with E-state index in [2.05, 4.69) is 15.8 Å². The molecule has 0 fully saturated rings. The van der Waals surface area contributed by atoms with Gasteiger partial charge in [-0.1, -0.05) is 49.7 Å². The van der Waals surface area contributed by atoms with E-state index in [1.165, 1.54) is 24.4 Å². The van der Waals surface area contributed by atoms with Crippen molar-refractivity contribution in [3.63, 3.8) is 0 Å². The van der Waals surface area contributed by atoms with E-state index in [4.69, 9.17) is 11.6 Å². The number of rotatable bonds is 7. The van der Waals surface area contributed by atoms with Crippen LogP contribution < -0.4 is 10.7 Å². The Bertz CT molecular complexity index is 900. The van der Waals surface area contributed by atoms with Crippen molar-refractivity contribution < 1.29 is 14.5 Å². The molecule has 0 aliphatic rings. The van der Waals surface area contributed by atoms with Crippen LogP contribution in [0.15, 0.2) is 53.6 Å². The number of carbonyl (C=O) groups excluding carboxylic acids is 2. The molecule has 0 aliphatic carbocycles. The minimum absolute atomic E-state index is 0.00896. The molecular formula is C19H19ClN4O4. The summed E-state index contributed by atoms with van der Waals surface area (Å²) in [5.74, 6) is -1.05. The molecule has 2 rings (SSSR count). The molecule has 2 N–H and O–H groups in total. The Hall–Kier alpha value is -3.26. The second kappa shape index (κ2) is 9.61. The Morgan fingerprint density at radius 2 is 1.86 bits per heavy atom. The predicted octanol–water partition coefficient (Wildman–Crippen LogP) is 3.15. The predicted molar refractivity (Wildman–Crippen MR) is 106 cm³/mol. The lowest BCUT2D eigenvalue weighted by Crippen LogP contribution is -2.48. The van der Waals surface area contributed by atoms with Gasteiger partial charge in [-0.2, -0.15) is 5.10 Å². The normalized spacial score (nSPS) is 12.0. The van der Waals surface area contributed by atoms with Crippen LogP contribution in [0.1, 0.15) is 29.8 Å². The topological polar surface area (TPSA) is 114 Å². The van der Waals surface area contributed by atoms with Gasteiger partial charge in [-0.05, 0) is 24.1 Å². The number of nitrogens with zero attached hydrogens (tertiary/aromatic N) is 2. The summed E-state index contributed by atoms with van der Waals surface area (Å²) in [6, 6.07) is 11.9. The third-order valence-corrected chi connectivity index (χ3v) is 4.15. The summed E-state index contributed by atoms with van der Waals surface area (Å²) < 4.78 is 0. The van der Waals surface area contributed by atoms with E-state index in [9.17, 15) is 19.7 Å². The number of hydrogen-bond acceptors (Lipinski definition) is 5. The molecule has 0 bridgehead atoms. The van der Waals surface area contributed by atoms with Crippen molar-refractivity contribution in [1.29, 1.82) is 0 Å². The Morgan fingerprint density at radius 3 is 2.46 bits per heavy atom. The number of nitro benzene ring substituents is 1. The Morgan fingerprint density at radius 1 is 1.18 bits per heavy atom. The van der Waals surface area contributed by atoms with Crippen LogP contribution in [0, 0.1) is 16.0 Å². The summed E-state index contributed by atoms with van der Waals surface area (Å²) in [6.45, 7) is 3.59. The number of hydrazone groups is 1. The fraction of sp³-hybridized carbons (Fsp3) is 0.211. The number of nitro groups is 1. The summed E-state index contributed by atoms with van der Waals surface area (Å²) >= 11 is 5.75. The van der Waals surface area contributed by atoms with E-state index in [0.717, 1.165) is 0 Å². The molecule has 2 aromatic rings. The van der Waals surface area contributed by atoms with Crippen LogP contribution in [-0.4, -0.2) is 29.0 Å². The highest BCUT2D eigenvalue weighted by atomic mass is 35.5. The van der Waals surface area contributed by atoms with E-state index in [0.29, 0.717) is 11.1 Å². The van der Waals surface area contributed by atoms with Crippen molar-refractivity contribution in [2.24, 2.45) is 11.0 Å². The van der Waals surface area contributed by atoms with Crippen molar-refractivity contribution in [3.8, 4) is 0 Å². The van der Waals surface area contributed by atoms with Crippen molar-refractivity contribution in [2.45, 2.75) is 19.9 Å². The average Bonchev–Trinajstić information content (AvgIpc) is 2.67. The molecule has 2 aromatic carbocycles. The molecule has 0 aromatic heterocycles. The van der Waals surface area contributed by atoms with Gasteiger partial charge in [0.05, 0.1) is 11.1 Å². The van der Waals surface area contributed by atoms with E-state index < -0.39 is 16.9 Å². The molecule has 0 heterocycles. The number of benzene rings is 2. The standard InChI is InChI=1S/C19H19ClN4O4/c1-12(2)17(22-18(25)14-6-4-3-5-7-14)19(26)23-21-11-13-8-9-15(20)16(10-13)24(27)28/h3-12,17H,1-2H3,(H,22,25)(H,23,26)/b21-11+. The molecule has 0 radical (unpaired) electrons. The van der Waals surface area contributed by atoms with Crippen LogP contribution in [0.5, 0.6) is 0 Å². The van der Waals surface area contributed by atoms with Crippen LogP contribution in [0.4, 0.5) is 5.69 Å². The van der Waals surface area contributed by atoms with E-state index in [1.807, 2.05) is 0 Å². The van der Waals surface area contributed by atoms with E-state index in [1.54, 1.807) is 44.2 Å². The average molecular weight is 403 g/mol. The van der Waals surface area contributed by atoms with Gasteiger partial charge < -0.3 is 5.32 Å². The monoisotopic (exact) mass is 402 g/mol. The minimum atomic E-state index is -0.801. The maximum Gasteiger partial charge on any atom is 0.288 e. The van der Waals surface area contributed by atoms with Gasteiger partial charge in [0.2, 0.25) is 0 Å². The maximum atomic E-state index is 12.4. The summed E-state index contributed by atoms with van der Waals surface area (Å²) in [4.78, 5) is 35.0. The zero-order valence-corrected chi connectivity index (χ0v) is 16.0. The number of hydrogen-bond donors (Lipinski definition) is 2. The van der Waals surface area contributed by atoms with Crippen LogP contribution >= 0.6 is 11.6 Å². The minimum Gasteiger partial charge on any atom is -0.340 e. The number of amides is 2. The summed E-state index contributed by atoms with van der Waals surface area (Å²) in [5.41, 5.74) is 2.93. The Labute approximate surface area is 166 Å². The molecule has 0 saturated heterocycles. The van der Waals surface area contributed by atoms with Crippen molar-refractivity contribution in [2.75, 3.05) is 0 Å². The van der Waals surface area contributed by atoms with Gasteiger partial charge in [0.15, 0.2) is 0 Å². The first kappa shape index (κ1) is 21.0. The Kier molecular flexibility index (Phi) is 7.22. The lowest BCUT2D eigenvalue weighted by Gasteiger charge is -2.20. The van der Waals surface area contributed by atoms with Gasteiger partial charge >= 0.3 is 0 Å². The van der Waals surface area contributed by atoms with Gasteiger partial charge in [0, 0.05) is 17.2 Å². The van der Waals surface area contributed by atoms with Gasteiger partial charge in [0.1, 0.15) is 11.1 Å². The SMILES string of the molecule is CC(C)C(NC(=O)c1ccccc1)C(=O)N/N=C/c1ccc(Cl)c([N+](=O)[O-])c1. The first-order valence-corrected chi connectivity index (χ1v) is 8.80. The first-order valence-electron chi connectivity index (χ1n) is 8.42. The molecule has 146 valence electrons. The van der Waals surface area contributed by atoms with E-state index >= 15 is 0 Å². The second-order valence-electron chi connectivity index (χ2n) is 6.26. The number of halogens is 1. The fourth-order valence-corrected chi connectivity index (χ4v) is 2.53. The summed E-state index contributed by atoms with van der Waals surface area (Å²) in [6.07, 6.45) is 1.26. The van der Waals surface area contributed by atoms with Gasteiger partial charge in [0.25, 0.3) is 17.5 Å².